The Balaban J connectivity index is 2.39. The lowest BCUT2D eigenvalue weighted by molar-refractivity contribution is -0.385. The highest BCUT2D eigenvalue weighted by Crippen LogP contribution is 2.31. The summed E-state index contributed by atoms with van der Waals surface area (Å²) in [6.45, 7) is 1.65. The van der Waals surface area contributed by atoms with Crippen LogP contribution in [0.15, 0.2) is 18.2 Å². The number of hydrogen-bond acceptors (Lipinski definition) is 5. The molecular formula is C12H11FN2O5S. The number of carbonyl (C=O) groups is 2. The molecular weight excluding hydrogens is 303 g/mol. The Morgan fingerprint density at radius 2 is 2.14 bits per heavy atom. The van der Waals surface area contributed by atoms with E-state index in [1.54, 1.807) is 6.92 Å². The summed E-state index contributed by atoms with van der Waals surface area (Å²) in [5, 5.41) is 19.4. The smallest absolute Gasteiger partial charge is 0.327 e. The van der Waals surface area contributed by atoms with Crippen LogP contribution in [-0.4, -0.2) is 44.0 Å². The third-order valence-electron chi connectivity index (χ3n) is 3.08. The van der Waals surface area contributed by atoms with Gasteiger partial charge in [-0.1, -0.05) is 0 Å². The molecule has 0 bridgehead atoms. The highest BCUT2D eigenvalue weighted by atomic mass is 32.2. The van der Waals surface area contributed by atoms with Crippen molar-refractivity contribution < 1.29 is 24.0 Å². The first-order chi connectivity index (χ1) is 9.81. The van der Waals surface area contributed by atoms with Crippen molar-refractivity contribution >= 4 is 29.3 Å². The minimum absolute atomic E-state index is 0.222. The molecule has 1 aromatic carbocycles. The Kier molecular flexibility index (Phi) is 4.12. The van der Waals surface area contributed by atoms with Gasteiger partial charge in [0, 0.05) is 17.4 Å². The lowest BCUT2D eigenvalue weighted by Crippen LogP contribution is -2.44. The molecule has 1 N–H and O–H groups in total. The quantitative estimate of drug-likeness (QED) is 0.673. The molecule has 7 nitrogen and oxygen atoms in total. The Morgan fingerprint density at radius 1 is 1.48 bits per heavy atom. The van der Waals surface area contributed by atoms with Crippen molar-refractivity contribution in [3.63, 3.8) is 0 Å². The molecule has 2 unspecified atom stereocenters. The molecule has 2 atom stereocenters. The molecule has 0 saturated carbocycles. The SMILES string of the molecule is CC1SCC(C(=O)O)N1C(=O)c1cc(F)cc([N+](=O)[O-])c1. The predicted molar refractivity (Wildman–Crippen MR) is 72.6 cm³/mol. The molecule has 1 saturated heterocycles. The molecule has 0 aliphatic carbocycles. The molecule has 1 aliphatic heterocycles. The van der Waals surface area contributed by atoms with Gasteiger partial charge in [0.15, 0.2) is 0 Å². The summed E-state index contributed by atoms with van der Waals surface area (Å²) in [7, 11) is 0. The van der Waals surface area contributed by atoms with Crippen molar-refractivity contribution in [2.45, 2.75) is 18.3 Å². The molecule has 0 spiro atoms. The molecule has 0 radical (unpaired) electrons. The van der Waals surface area contributed by atoms with Gasteiger partial charge in [-0.25, -0.2) is 9.18 Å². The number of hydrogen-bond donors (Lipinski definition) is 1. The molecule has 1 aliphatic rings. The number of rotatable bonds is 3. The average Bonchev–Trinajstić information content (AvgIpc) is 2.79. The minimum atomic E-state index is -1.16. The van der Waals surface area contributed by atoms with E-state index in [4.69, 9.17) is 5.11 Å². The number of halogens is 1. The van der Waals surface area contributed by atoms with Gasteiger partial charge in [0.05, 0.1) is 16.4 Å². The van der Waals surface area contributed by atoms with Crippen LogP contribution < -0.4 is 0 Å². The summed E-state index contributed by atoms with van der Waals surface area (Å²) in [4.78, 5) is 34.5. The Morgan fingerprint density at radius 3 is 2.71 bits per heavy atom. The van der Waals surface area contributed by atoms with Crippen LogP contribution in [0.5, 0.6) is 0 Å². The number of nitro groups is 1. The van der Waals surface area contributed by atoms with Crippen LogP contribution in [0.4, 0.5) is 10.1 Å². The van der Waals surface area contributed by atoms with Gasteiger partial charge in [-0.2, -0.15) is 0 Å². The first kappa shape index (κ1) is 15.2. The number of carboxylic acid groups (broad SMARTS) is 1. The maximum absolute atomic E-state index is 13.4. The van der Waals surface area contributed by atoms with E-state index in [1.165, 1.54) is 11.8 Å². The van der Waals surface area contributed by atoms with Crippen LogP contribution in [0, 0.1) is 15.9 Å². The highest BCUT2D eigenvalue weighted by molar-refractivity contribution is 8.00. The van der Waals surface area contributed by atoms with E-state index in [0.29, 0.717) is 6.07 Å². The molecule has 2 rings (SSSR count). The lowest BCUT2D eigenvalue weighted by atomic mass is 10.1. The van der Waals surface area contributed by atoms with Gasteiger partial charge < -0.3 is 10.0 Å². The van der Waals surface area contributed by atoms with Gasteiger partial charge >= 0.3 is 5.97 Å². The maximum Gasteiger partial charge on any atom is 0.327 e. The van der Waals surface area contributed by atoms with Crippen molar-refractivity contribution in [2.24, 2.45) is 0 Å². The fourth-order valence-corrected chi connectivity index (χ4v) is 3.26. The number of nitrogens with zero attached hydrogens (tertiary/aromatic N) is 2. The van der Waals surface area contributed by atoms with E-state index in [0.717, 1.165) is 17.0 Å². The zero-order valence-electron chi connectivity index (χ0n) is 10.9. The number of amides is 1. The third-order valence-corrected chi connectivity index (χ3v) is 4.30. The minimum Gasteiger partial charge on any atom is -0.480 e. The van der Waals surface area contributed by atoms with Crippen molar-refractivity contribution in [3.05, 3.63) is 39.7 Å². The number of carbonyl (C=O) groups excluding carboxylic acids is 1. The van der Waals surface area contributed by atoms with Crippen LogP contribution in [-0.2, 0) is 4.79 Å². The van der Waals surface area contributed by atoms with E-state index < -0.39 is 39.7 Å². The molecule has 1 heterocycles. The van der Waals surface area contributed by atoms with Crippen LogP contribution >= 0.6 is 11.8 Å². The van der Waals surface area contributed by atoms with Crippen LogP contribution in [0.2, 0.25) is 0 Å². The Labute approximate surface area is 122 Å². The summed E-state index contributed by atoms with van der Waals surface area (Å²) in [5.41, 5.74) is -0.785. The van der Waals surface area contributed by atoms with Gasteiger partial charge in [-0.15, -0.1) is 11.8 Å². The standard InChI is InChI=1S/C12H11FN2O5S/c1-6-14(10(5-21-6)12(17)18)11(16)7-2-8(13)4-9(3-7)15(19)20/h2-4,6,10H,5H2,1H3,(H,17,18). The van der Waals surface area contributed by atoms with Crippen molar-refractivity contribution in [1.82, 2.24) is 4.90 Å². The zero-order chi connectivity index (χ0) is 15.7. The third kappa shape index (κ3) is 2.97. The van der Waals surface area contributed by atoms with Crippen LogP contribution in [0.25, 0.3) is 0 Å². The van der Waals surface area contributed by atoms with Crippen molar-refractivity contribution in [3.8, 4) is 0 Å². The summed E-state index contributed by atoms with van der Waals surface area (Å²) < 4.78 is 13.4. The summed E-state index contributed by atoms with van der Waals surface area (Å²) >= 11 is 1.28. The number of thioether (sulfide) groups is 1. The molecule has 0 aromatic heterocycles. The van der Waals surface area contributed by atoms with Gasteiger partial charge in [0.2, 0.25) is 0 Å². The maximum atomic E-state index is 13.4. The van der Waals surface area contributed by atoms with Gasteiger partial charge in [0.25, 0.3) is 11.6 Å². The monoisotopic (exact) mass is 314 g/mol. The van der Waals surface area contributed by atoms with Crippen molar-refractivity contribution in [2.75, 3.05) is 5.75 Å². The second kappa shape index (κ2) is 5.68. The number of benzene rings is 1. The summed E-state index contributed by atoms with van der Waals surface area (Å²) in [6, 6.07) is 1.48. The Hall–Kier alpha value is -2.16. The van der Waals surface area contributed by atoms with E-state index >= 15 is 0 Å². The number of non-ortho nitro benzene ring substituents is 1. The van der Waals surface area contributed by atoms with Crippen LogP contribution in [0.3, 0.4) is 0 Å². The van der Waals surface area contributed by atoms with Crippen LogP contribution in [0.1, 0.15) is 17.3 Å². The van der Waals surface area contributed by atoms with Gasteiger partial charge in [-0.3, -0.25) is 14.9 Å². The molecule has 1 aromatic rings. The van der Waals surface area contributed by atoms with E-state index in [-0.39, 0.29) is 11.3 Å². The molecule has 21 heavy (non-hydrogen) atoms. The van der Waals surface area contributed by atoms with Gasteiger partial charge in [-0.05, 0) is 13.0 Å². The van der Waals surface area contributed by atoms with Gasteiger partial charge in [0.1, 0.15) is 11.9 Å². The molecule has 9 heteroatoms. The van der Waals surface area contributed by atoms with Crippen molar-refractivity contribution in [1.29, 1.82) is 0 Å². The lowest BCUT2D eigenvalue weighted by Gasteiger charge is -2.25. The predicted octanol–water partition coefficient (Wildman–Crippen LogP) is 1.72. The summed E-state index contributed by atoms with van der Waals surface area (Å²) in [6.07, 6.45) is 0. The number of nitro benzene ring substituents is 1. The first-order valence-corrected chi connectivity index (χ1v) is 6.98. The highest BCUT2D eigenvalue weighted by Gasteiger charge is 2.40. The van der Waals surface area contributed by atoms with E-state index in [2.05, 4.69) is 0 Å². The second-order valence-corrected chi connectivity index (χ2v) is 5.80. The second-order valence-electron chi connectivity index (χ2n) is 4.45. The largest absolute Gasteiger partial charge is 0.480 e. The fourth-order valence-electron chi connectivity index (χ4n) is 2.09. The normalized spacial score (nSPS) is 21.3. The first-order valence-electron chi connectivity index (χ1n) is 5.93. The molecule has 1 amide bonds. The number of carboxylic acids is 1. The zero-order valence-corrected chi connectivity index (χ0v) is 11.7. The van der Waals surface area contributed by atoms with E-state index in [9.17, 15) is 24.1 Å². The topological polar surface area (TPSA) is 101 Å². The molecule has 1 fully saturated rings. The molecule has 112 valence electrons. The Bertz CT molecular complexity index is 624. The van der Waals surface area contributed by atoms with E-state index in [1.807, 2.05) is 0 Å². The summed E-state index contributed by atoms with van der Waals surface area (Å²) in [5.74, 6) is -2.59. The fraction of sp³-hybridized carbons (Fsp3) is 0.333. The average molecular weight is 314 g/mol. The number of aliphatic carboxylic acids is 1.